The highest BCUT2D eigenvalue weighted by molar-refractivity contribution is 5.93. The highest BCUT2D eigenvalue weighted by Gasteiger charge is 2.30. The number of hydrogen-bond acceptors (Lipinski definition) is 5. The first-order chi connectivity index (χ1) is 16.2. The number of pyridine rings is 1. The predicted molar refractivity (Wildman–Crippen MR) is 123 cm³/mol. The van der Waals surface area contributed by atoms with Gasteiger partial charge < -0.3 is 19.6 Å². The van der Waals surface area contributed by atoms with Crippen molar-refractivity contribution in [2.24, 2.45) is 5.92 Å². The molecule has 9 heteroatoms. The van der Waals surface area contributed by atoms with E-state index in [-0.39, 0.29) is 17.8 Å². The van der Waals surface area contributed by atoms with Crippen molar-refractivity contribution in [3.63, 3.8) is 0 Å². The summed E-state index contributed by atoms with van der Waals surface area (Å²) in [5, 5.41) is 4.27. The van der Waals surface area contributed by atoms with Gasteiger partial charge in [0.2, 0.25) is 11.9 Å². The Kier molecular flexibility index (Phi) is 4.96. The van der Waals surface area contributed by atoms with Gasteiger partial charge in [-0.25, -0.2) is 14.4 Å². The number of fused-ring (bicyclic) bond motifs is 2. The molecule has 2 N–H and O–H groups in total. The molecule has 4 aromatic rings. The maximum absolute atomic E-state index is 14.4. The van der Waals surface area contributed by atoms with Crippen molar-refractivity contribution in [2.75, 3.05) is 18.4 Å². The smallest absolute Gasteiger partial charge is 0.225 e. The largest absolute Gasteiger partial charge is 0.351 e. The van der Waals surface area contributed by atoms with Crippen molar-refractivity contribution in [3.05, 3.63) is 42.9 Å². The fourth-order valence-corrected chi connectivity index (χ4v) is 5.22. The van der Waals surface area contributed by atoms with Crippen LogP contribution in [0.4, 0.5) is 10.3 Å². The molecule has 5 heterocycles. The van der Waals surface area contributed by atoms with Gasteiger partial charge in [-0.15, -0.1) is 0 Å². The molecular formula is C24H26FN7O. The summed E-state index contributed by atoms with van der Waals surface area (Å²) in [5.41, 5.74) is 2.58. The van der Waals surface area contributed by atoms with Crippen molar-refractivity contribution in [1.82, 2.24) is 29.2 Å². The van der Waals surface area contributed by atoms with Crippen molar-refractivity contribution in [2.45, 2.75) is 44.6 Å². The average molecular weight is 448 g/mol. The van der Waals surface area contributed by atoms with Crippen molar-refractivity contribution in [3.8, 4) is 11.1 Å². The van der Waals surface area contributed by atoms with Gasteiger partial charge in [0.05, 0.1) is 0 Å². The van der Waals surface area contributed by atoms with Crippen LogP contribution in [-0.2, 0) is 4.79 Å². The van der Waals surface area contributed by atoms with Gasteiger partial charge in [0.25, 0.3) is 0 Å². The average Bonchev–Trinajstić information content (AvgIpc) is 3.59. The quantitative estimate of drug-likeness (QED) is 0.493. The van der Waals surface area contributed by atoms with E-state index in [1.165, 1.54) is 6.07 Å². The molecule has 1 amide bonds. The third-order valence-electron chi connectivity index (χ3n) is 7.01. The van der Waals surface area contributed by atoms with E-state index in [0.29, 0.717) is 23.1 Å². The van der Waals surface area contributed by atoms with Crippen LogP contribution in [0.5, 0.6) is 0 Å². The molecule has 0 unspecified atom stereocenters. The summed E-state index contributed by atoms with van der Waals surface area (Å²) in [6.07, 6.45) is 14.7. The van der Waals surface area contributed by atoms with Crippen LogP contribution in [0.1, 0.15) is 38.5 Å². The molecule has 6 rings (SSSR count). The molecule has 0 atom stereocenters. The van der Waals surface area contributed by atoms with Crippen LogP contribution in [0.15, 0.2) is 37.1 Å². The number of amides is 1. The van der Waals surface area contributed by atoms with Gasteiger partial charge in [-0.3, -0.25) is 4.79 Å². The summed E-state index contributed by atoms with van der Waals surface area (Å²) in [4.78, 5) is 31.1. The summed E-state index contributed by atoms with van der Waals surface area (Å²) in [7, 11) is 0. The second-order valence-electron chi connectivity index (χ2n) is 9.12. The van der Waals surface area contributed by atoms with E-state index in [4.69, 9.17) is 0 Å². The second kappa shape index (κ2) is 8.13. The van der Waals surface area contributed by atoms with E-state index in [2.05, 4.69) is 25.3 Å². The monoisotopic (exact) mass is 447 g/mol. The van der Waals surface area contributed by atoms with Crippen LogP contribution in [0.25, 0.3) is 27.8 Å². The molecule has 2 aliphatic rings. The zero-order valence-corrected chi connectivity index (χ0v) is 18.3. The zero-order chi connectivity index (χ0) is 22.4. The van der Waals surface area contributed by atoms with Crippen molar-refractivity contribution < 1.29 is 9.18 Å². The first kappa shape index (κ1) is 20.1. The van der Waals surface area contributed by atoms with E-state index in [0.717, 1.165) is 68.1 Å². The molecule has 2 fully saturated rings. The number of hydrogen-bond donors (Lipinski definition) is 2. The molecular weight excluding hydrogens is 421 g/mol. The molecule has 8 nitrogen and oxygen atoms in total. The van der Waals surface area contributed by atoms with Gasteiger partial charge in [-0.2, -0.15) is 4.98 Å². The number of carbonyl (C=O) groups is 1. The van der Waals surface area contributed by atoms with Gasteiger partial charge in [0.1, 0.15) is 5.65 Å². The molecule has 1 aliphatic carbocycles. The Morgan fingerprint density at radius 3 is 2.79 bits per heavy atom. The van der Waals surface area contributed by atoms with Crippen LogP contribution in [0.3, 0.4) is 0 Å². The minimum absolute atomic E-state index is 0.156. The van der Waals surface area contributed by atoms with E-state index in [1.807, 2.05) is 17.3 Å². The molecule has 1 saturated heterocycles. The number of aromatic nitrogens is 5. The number of nitrogens with one attached hydrogen (secondary N) is 2. The standard InChI is InChI=1S/C24H26FN7O/c25-20-11-16(14-32-10-7-26-22(20)32)18-12-27-21-19(18)13-28-24(30-21)29-17-5-3-15(4-6-17)23(33)31-8-1-2-9-31/h7,10-15,17H,1-6,8-9H2,(H2,27,28,29,30)/t15-,17+. The van der Waals surface area contributed by atoms with Crippen LogP contribution in [0.2, 0.25) is 0 Å². The van der Waals surface area contributed by atoms with Gasteiger partial charge in [-0.1, -0.05) is 0 Å². The Morgan fingerprint density at radius 1 is 1.15 bits per heavy atom. The maximum Gasteiger partial charge on any atom is 0.225 e. The number of halogens is 1. The minimum Gasteiger partial charge on any atom is -0.351 e. The lowest BCUT2D eigenvalue weighted by atomic mass is 9.85. The second-order valence-corrected chi connectivity index (χ2v) is 9.12. The number of aromatic amines is 1. The predicted octanol–water partition coefficient (Wildman–Crippen LogP) is 4.00. The summed E-state index contributed by atoms with van der Waals surface area (Å²) >= 11 is 0. The first-order valence-corrected chi connectivity index (χ1v) is 11.7. The maximum atomic E-state index is 14.4. The lowest BCUT2D eigenvalue weighted by Crippen LogP contribution is -2.37. The Labute approximate surface area is 190 Å². The van der Waals surface area contributed by atoms with Crippen LogP contribution in [-0.4, -0.2) is 54.3 Å². The molecule has 0 bridgehead atoms. The van der Waals surface area contributed by atoms with E-state index in [9.17, 15) is 9.18 Å². The molecule has 0 aromatic carbocycles. The van der Waals surface area contributed by atoms with Gasteiger partial charge in [-0.05, 0) is 44.6 Å². The Hall–Kier alpha value is -3.49. The molecule has 0 radical (unpaired) electrons. The SMILES string of the molecule is O=C([C@H]1CC[C@@H](Nc2ncc3c(-c4cc(F)c5nccn5c4)c[nH]c3n2)CC1)N1CCCC1. The van der Waals surface area contributed by atoms with Gasteiger partial charge in [0, 0.05) is 72.5 Å². The number of H-pyrrole nitrogens is 1. The van der Waals surface area contributed by atoms with E-state index >= 15 is 0 Å². The third kappa shape index (κ3) is 3.71. The number of nitrogens with zero attached hydrogens (tertiary/aromatic N) is 5. The molecule has 170 valence electrons. The zero-order valence-electron chi connectivity index (χ0n) is 18.3. The Bertz CT molecular complexity index is 1320. The summed E-state index contributed by atoms with van der Waals surface area (Å²) < 4.78 is 16.1. The number of likely N-dealkylation sites (tertiary alicyclic amines) is 1. The fourth-order valence-electron chi connectivity index (χ4n) is 5.22. The van der Waals surface area contributed by atoms with E-state index in [1.54, 1.807) is 23.0 Å². The number of anilines is 1. The molecule has 33 heavy (non-hydrogen) atoms. The Balaban J connectivity index is 1.15. The molecule has 1 saturated carbocycles. The minimum atomic E-state index is -0.370. The molecule has 4 aromatic heterocycles. The van der Waals surface area contributed by atoms with Gasteiger partial charge >= 0.3 is 0 Å². The van der Waals surface area contributed by atoms with Crippen LogP contribution >= 0.6 is 0 Å². The normalized spacial score (nSPS) is 21.2. The lowest BCUT2D eigenvalue weighted by molar-refractivity contribution is -0.135. The fraction of sp³-hybridized carbons (Fsp3) is 0.417. The molecule has 0 spiro atoms. The van der Waals surface area contributed by atoms with E-state index < -0.39 is 0 Å². The number of carbonyl (C=O) groups excluding carboxylic acids is 1. The topological polar surface area (TPSA) is 91.2 Å². The third-order valence-corrected chi connectivity index (χ3v) is 7.01. The highest BCUT2D eigenvalue weighted by atomic mass is 19.1. The van der Waals surface area contributed by atoms with Crippen molar-refractivity contribution >= 4 is 28.5 Å². The summed E-state index contributed by atoms with van der Waals surface area (Å²) in [5.74, 6) is 0.697. The van der Waals surface area contributed by atoms with Crippen LogP contribution in [0, 0.1) is 11.7 Å². The lowest BCUT2D eigenvalue weighted by Gasteiger charge is -2.30. The van der Waals surface area contributed by atoms with Gasteiger partial charge in [0.15, 0.2) is 11.5 Å². The first-order valence-electron chi connectivity index (χ1n) is 11.7. The molecule has 1 aliphatic heterocycles. The highest BCUT2D eigenvalue weighted by Crippen LogP contribution is 2.31. The summed E-state index contributed by atoms with van der Waals surface area (Å²) in [6, 6.07) is 1.75. The number of imidazole rings is 1. The Morgan fingerprint density at radius 2 is 1.97 bits per heavy atom. The van der Waals surface area contributed by atoms with Crippen molar-refractivity contribution in [1.29, 1.82) is 0 Å². The number of rotatable bonds is 4. The summed E-state index contributed by atoms with van der Waals surface area (Å²) in [6.45, 7) is 1.84. The van der Waals surface area contributed by atoms with Crippen LogP contribution < -0.4 is 5.32 Å².